The van der Waals surface area contributed by atoms with Crippen molar-refractivity contribution < 1.29 is 0 Å². The van der Waals surface area contributed by atoms with Crippen LogP contribution in [0.25, 0.3) is 0 Å². The number of aliphatic imine (C=N–C) groups is 1. The quantitative estimate of drug-likeness (QED) is 0.191. The third-order valence-corrected chi connectivity index (χ3v) is 7.34. The van der Waals surface area contributed by atoms with E-state index in [0.717, 1.165) is 25.6 Å². The molecular formula is C23H40IN5S. The SMILES string of the molecule is CCNC(=NCC1(Sc2ccccc2)CC1)NCCCCN1CCN(CC)CC1.I. The molecule has 0 bridgehead atoms. The van der Waals surface area contributed by atoms with Crippen molar-refractivity contribution in [3.63, 3.8) is 0 Å². The van der Waals surface area contributed by atoms with Gasteiger partial charge in [0.2, 0.25) is 0 Å². The molecule has 1 aliphatic heterocycles. The number of halogens is 1. The number of unbranched alkanes of at least 4 members (excludes halogenated alkanes) is 1. The van der Waals surface area contributed by atoms with Crippen molar-refractivity contribution in [3.8, 4) is 0 Å². The Hall–Kier alpha value is -0.510. The van der Waals surface area contributed by atoms with Gasteiger partial charge in [0.1, 0.15) is 0 Å². The highest BCUT2D eigenvalue weighted by atomic mass is 127. The maximum atomic E-state index is 4.91. The van der Waals surface area contributed by atoms with Crippen LogP contribution < -0.4 is 10.6 Å². The molecule has 2 aliphatic rings. The molecule has 170 valence electrons. The summed E-state index contributed by atoms with van der Waals surface area (Å²) in [5, 5.41) is 6.95. The van der Waals surface area contributed by atoms with E-state index in [-0.39, 0.29) is 24.0 Å². The van der Waals surface area contributed by atoms with Gasteiger partial charge in [0, 0.05) is 48.9 Å². The van der Waals surface area contributed by atoms with E-state index in [9.17, 15) is 0 Å². The second-order valence-electron chi connectivity index (χ2n) is 8.20. The van der Waals surface area contributed by atoms with Crippen LogP contribution >= 0.6 is 35.7 Å². The molecule has 3 rings (SSSR count). The van der Waals surface area contributed by atoms with Crippen molar-refractivity contribution in [2.24, 2.45) is 4.99 Å². The largest absolute Gasteiger partial charge is 0.357 e. The van der Waals surface area contributed by atoms with Crippen molar-refractivity contribution >= 4 is 41.7 Å². The van der Waals surface area contributed by atoms with Gasteiger partial charge in [-0.05, 0) is 57.8 Å². The molecule has 1 saturated heterocycles. The summed E-state index contributed by atoms with van der Waals surface area (Å²) >= 11 is 1.99. The number of hydrogen-bond acceptors (Lipinski definition) is 4. The molecule has 0 radical (unpaired) electrons. The molecule has 0 unspecified atom stereocenters. The van der Waals surface area contributed by atoms with E-state index in [2.05, 4.69) is 64.6 Å². The number of thioether (sulfide) groups is 1. The van der Waals surface area contributed by atoms with Crippen LogP contribution in [0.2, 0.25) is 0 Å². The fourth-order valence-corrected chi connectivity index (χ4v) is 4.96. The number of nitrogens with one attached hydrogen (secondary N) is 2. The van der Waals surface area contributed by atoms with Crippen LogP contribution in [0.15, 0.2) is 40.2 Å². The minimum atomic E-state index is 0. The highest BCUT2D eigenvalue weighted by molar-refractivity contribution is 14.0. The van der Waals surface area contributed by atoms with Gasteiger partial charge < -0.3 is 20.4 Å². The van der Waals surface area contributed by atoms with E-state index in [0.29, 0.717) is 4.75 Å². The highest BCUT2D eigenvalue weighted by Gasteiger charge is 2.43. The van der Waals surface area contributed by atoms with Gasteiger partial charge >= 0.3 is 0 Å². The summed E-state index contributed by atoms with van der Waals surface area (Å²) in [6.07, 6.45) is 4.98. The Morgan fingerprint density at radius 3 is 2.33 bits per heavy atom. The zero-order chi connectivity index (χ0) is 20.4. The van der Waals surface area contributed by atoms with Crippen molar-refractivity contribution in [2.75, 3.05) is 58.9 Å². The van der Waals surface area contributed by atoms with Crippen molar-refractivity contribution in [2.45, 2.75) is 49.2 Å². The van der Waals surface area contributed by atoms with Crippen LogP contribution in [0.1, 0.15) is 39.5 Å². The number of benzene rings is 1. The Morgan fingerprint density at radius 2 is 1.70 bits per heavy atom. The number of nitrogens with zero attached hydrogens (tertiary/aromatic N) is 3. The number of piperazine rings is 1. The summed E-state index contributed by atoms with van der Waals surface area (Å²) in [6.45, 7) is 14.5. The second kappa shape index (κ2) is 13.8. The third-order valence-electron chi connectivity index (χ3n) is 5.86. The van der Waals surface area contributed by atoms with Crippen LogP contribution in [0.3, 0.4) is 0 Å². The minimum Gasteiger partial charge on any atom is -0.357 e. The van der Waals surface area contributed by atoms with Gasteiger partial charge in [0.15, 0.2) is 5.96 Å². The smallest absolute Gasteiger partial charge is 0.191 e. The molecule has 1 aromatic rings. The van der Waals surface area contributed by atoms with Gasteiger partial charge in [0.05, 0.1) is 6.54 Å². The van der Waals surface area contributed by atoms with Crippen LogP contribution in [0.4, 0.5) is 0 Å². The molecule has 7 heteroatoms. The lowest BCUT2D eigenvalue weighted by atomic mass is 10.2. The van der Waals surface area contributed by atoms with Gasteiger partial charge in [-0.25, -0.2) is 0 Å². The van der Waals surface area contributed by atoms with Crippen LogP contribution in [-0.4, -0.2) is 79.4 Å². The molecule has 2 N–H and O–H groups in total. The van der Waals surface area contributed by atoms with Crippen molar-refractivity contribution in [1.82, 2.24) is 20.4 Å². The van der Waals surface area contributed by atoms with Crippen molar-refractivity contribution in [3.05, 3.63) is 30.3 Å². The molecule has 0 spiro atoms. The highest BCUT2D eigenvalue weighted by Crippen LogP contribution is 2.51. The third kappa shape index (κ3) is 8.93. The molecule has 0 amide bonds. The van der Waals surface area contributed by atoms with E-state index in [1.165, 1.54) is 69.8 Å². The fraction of sp³-hybridized carbons (Fsp3) is 0.696. The first-order valence-corrected chi connectivity index (χ1v) is 12.3. The zero-order valence-electron chi connectivity index (χ0n) is 18.7. The van der Waals surface area contributed by atoms with Crippen molar-refractivity contribution in [1.29, 1.82) is 0 Å². The number of hydrogen-bond donors (Lipinski definition) is 2. The van der Waals surface area contributed by atoms with Crippen LogP contribution in [-0.2, 0) is 0 Å². The van der Waals surface area contributed by atoms with E-state index < -0.39 is 0 Å². The molecule has 30 heavy (non-hydrogen) atoms. The fourth-order valence-electron chi connectivity index (χ4n) is 3.73. The first kappa shape index (κ1) is 25.7. The molecule has 1 heterocycles. The van der Waals surface area contributed by atoms with E-state index >= 15 is 0 Å². The molecule has 1 aromatic carbocycles. The summed E-state index contributed by atoms with van der Waals surface area (Å²) in [6, 6.07) is 10.7. The predicted molar refractivity (Wildman–Crippen MR) is 141 cm³/mol. The molecule has 1 aliphatic carbocycles. The molecule has 1 saturated carbocycles. The normalized spacial score (nSPS) is 19.2. The summed E-state index contributed by atoms with van der Waals surface area (Å²) < 4.78 is 0.310. The van der Waals surface area contributed by atoms with Crippen LogP contribution in [0.5, 0.6) is 0 Å². The Bertz CT molecular complexity index is 615. The zero-order valence-corrected chi connectivity index (χ0v) is 21.9. The van der Waals surface area contributed by atoms with Gasteiger partial charge in [-0.15, -0.1) is 35.7 Å². The van der Waals surface area contributed by atoms with Gasteiger partial charge in [-0.2, -0.15) is 0 Å². The number of likely N-dealkylation sites (N-methyl/N-ethyl adjacent to an activating group) is 1. The molecule has 2 fully saturated rings. The van der Waals surface area contributed by atoms with Gasteiger partial charge in [-0.1, -0.05) is 25.1 Å². The Morgan fingerprint density at radius 1 is 1.00 bits per heavy atom. The minimum absolute atomic E-state index is 0. The molecular weight excluding hydrogens is 505 g/mol. The van der Waals surface area contributed by atoms with E-state index in [1.807, 2.05) is 11.8 Å². The van der Waals surface area contributed by atoms with E-state index in [1.54, 1.807) is 0 Å². The summed E-state index contributed by atoms with van der Waals surface area (Å²) in [5.74, 6) is 0.976. The average Bonchev–Trinajstić information content (AvgIpc) is 3.52. The second-order valence-corrected chi connectivity index (χ2v) is 9.74. The van der Waals surface area contributed by atoms with Gasteiger partial charge in [-0.3, -0.25) is 4.99 Å². The van der Waals surface area contributed by atoms with Crippen LogP contribution in [0, 0.1) is 0 Å². The Kier molecular flexibility index (Phi) is 11.8. The Labute approximate surface area is 204 Å². The van der Waals surface area contributed by atoms with Gasteiger partial charge in [0.25, 0.3) is 0 Å². The predicted octanol–water partition coefficient (Wildman–Crippen LogP) is 3.90. The standard InChI is InChI=1S/C23H39N5S.HI/c1-3-24-22(25-14-8-9-15-28-18-16-27(4-2)17-19-28)26-20-23(12-13-23)29-21-10-6-5-7-11-21;/h5-7,10-11H,3-4,8-9,12-20H2,1-2H3,(H2,24,25,26);1H. The number of rotatable bonds is 11. The van der Waals surface area contributed by atoms with E-state index in [4.69, 9.17) is 4.99 Å². The molecule has 0 atom stereocenters. The summed E-state index contributed by atoms with van der Waals surface area (Å²) in [4.78, 5) is 11.4. The Balaban J connectivity index is 0.00000320. The topological polar surface area (TPSA) is 42.9 Å². The molecule has 5 nitrogen and oxygen atoms in total. The average molecular weight is 546 g/mol. The monoisotopic (exact) mass is 545 g/mol. The lowest BCUT2D eigenvalue weighted by Gasteiger charge is -2.34. The maximum Gasteiger partial charge on any atom is 0.191 e. The first-order chi connectivity index (χ1) is 14.2. The first-order valence-electron chi connectivity index (χ1n) is 11.4. The lowest BCUT2D eigenvalue weighted by molar-refractivity contribution is 0.136. The lowest BCUT2D eigenvalue weighted by Crippen LogP contribution is -2.46. The summed E-state index contributed by atoms with van der Waals surface area (Å²) in [5.41, 5.74) is 0. The number of guanidine groups is 1. The maximum absolute atomic E-state index is 4.91. The molecule has 0 aromatic heterocycles. The summed E-state index contributed by atoms with van der Waals surface area (Å²) in [7, 11) is 0.